The van der Waals surface area contributed by atoms with E-state index in [1.165, 1.54) is 5.56 Å². The van der Waals surface area contributed by atoms with E-state index in [9.17, 15) is 4.79 Å². The van der Waals surface area contributed by atoms with E-state index in [1.807, 2.05) is 30.1 Å². The van der Waals surface area contributed by atoms with Gasteiger partial charge in [0.15, 0.2) is 11.6 Å². The number of nitrogens with zero attached hydrogens (tertiary/aromatic N) is 4. The smallest absolute Gasteiger partial charge is 0.256 e. The molecule has 0 fully saturated rings. The van der Waals surface area contributed by atoms with E-state index in [4.69, 9.17) is 4.74 Å². The third kappa shape index (κ3) is 5.01. The highest BCUT2D eigenvalue weighted by Gasteiger charge is 2.09. The maximum atomic E-state index is 12.3. The largest absolute Gasteiger partial charge is 0.497 e. The van der Waals surface area contributed by atoms with Crippen molar-refractivity contribution < 1.29 is 9.53 Å². The van der Waals surface area contributed by atoms with Crippen LogP contribution >= 0.6 is 0 Å². The first kappa shape index (κ1) is 18.3. The molecule has 1 aromatic carbocycles. The molecule has 0 atom stereocenters. The van der Waals surface area contributed by atoms with Gasteiger partial charge in [-0.3, -0.25) is 9.78 Å². The minimum atomic E-state index is -0.245. The minimum absolute atomic E-state index is 0.245. The van der Waals surface area contributed by atoms with E-state index in [2.05, 4.69) is 20.5 Å². The van der Waals surface area contributed by atoms with Gasteiger partial charge in [-0.1, -0.05) is 0 Å². The molecule has 0 aliphatic rings. The van der Waals surface area contributed by atoms with Gasteiger partial charge in [0.05, 0.1) is 7.11 Å². The predicted molar refractivity (Wildman–Crippen MR) is 104 cm³/mol. The zero-order chi connectivity index (χ0) is 19.1. The highest BCUT2D eigenvalue weighted by Crippen LogP contribution is 2.14. The molecule has 7 nitrogen and oxygen atoms in total. The maximum absolute atomic E-state index is 12.3. The van der Waals surface area contributed by atoms with E-state index in [0.717, 1.165) is 18.8 Å². The van der Waals surface area contributed by atoms with Gasteiger partial charge in [-0.25, -0.2) is 0 Å². The van der Waals surface area contributed by atoms with Crippen molar-refractivity contribution in [2.24, 2.45) is 0 Å². The molecule has 27 heavy (non-hydrogen) atoms. The van der Waals surface area contributed by atoms with E-state index in [0.29, 0.717) is 17.1 Å². The van der Waals surface area contributed by atoms with Crippen LogP contribution in [0.25, 0.3) is 0 Å². The van der Waals surface area contributed by atoms with Crippen LogP contribution in [0.2, 0.25) is 0 Å². The fourth-order valence-corrected chi connectivity index (χ4v) is 2.49. The number of pyridine rings is 1. The number of carbonyl (C=O) groups excluding carboxylic acids is 1. The van der Waals surface area contributed by atoms with Crippen molar-refractivity contribution in [3.8, 4) is 5.75 Å². The molecule has 1 amide bonds. The predicted octanol–water partition coefficient (Wildman–Crippen LogP) is 2.81. The summed E-state index contributed by atoms with van der Waals surface area (Å²) in [7, 11) is 3.54. The first-order valence-corrected chi connectivity index (χ1v) is 8.55. The molecule has 2 aromatic heterocycles. The van der Waals surface area contributed by atoms with Crippen molar-refractivity contribution in [3.05, 3.63) is 72.1 Å². The second-order valence-corrected chi connectivity index (χ2v) is 5.99. The quantitative estimate of drug-likeness (QED) is 0.695. The number of ether oxygens (including phenoxy) is 1. The number of nitrogens with one attached hydrogen (secondary N) is 1. The highest BCUT2D eigenvalue weighted by atomic mass is 16.5. The molecule has 3 rings (SSSR count). The van der Waals surface area contributed by atoms with Gasteiger partial charge >= 0.3 is 0 Å². The number of methoxy groups -OCH3 is 1. The lowest BCUT2D eigenvalue weighted by molar-refractivity contribution is 0.102. The SMILES string of the molecule is COc1ccc(C(=O)Nc2ccc(N(C)CCc3ccncc3)nn2)cc1. The van der Waals surface area contributed by atoms with Crippen LogP contribution in [-0.2, 0) is 6.42 Å². The molecule has 3 aromatic rings. The van der Waals surface area contributed by atoms with E-state index in [-0.39, 0.29) is 5.91 Å². The van der Waals surface area contributed by atoms with Gasteiger partial charge in [-0.2, -0.15) is 0 Å². The third-order valence-electron chi connectivity index (χ3n) is 4.12. The number of aromatic nitrogens is 3. The Bertz CT molecular complexity index is 867. The van der Waals surface area contributed by atoms with Gasteiger partial charge in [0.25, 0.3) is 5.91 Å². The molecule has 0 saturated carbocycles. The zero-order valence-electron chi connectivity index (χ0n) is 15.3. The van der Waals surface area contributed by atoms with Gasteiger partial charge in [0.2, 0.25) is 0 Å². The number of carbonyl (C=O) groups is 1. The average Bonchev–Trinajstić information content (AvgIpc) is 2.73. The van der Waals surface area contributed by atoms with E-state index < -0.39 is 0 Å². The van der Waals surface area contributed by atoms with Crippen LogP contribution in [0, 0.1) is 0 Å². The Kier molecular flexibility index (Phi) is 5.94. The number of hydrogen-bond acceptors (Lipinski definition) is 6. The van der Waals surface area contributed by atoms with E-state index >= 15 is 0 Å². The van der Waals surface area contributed by atoms with Gasteiger partial charge in [0.1, 0.15) is 5.75 Å². The summed E-state index contributed by atoms with van der Waals surface area (Å²) in [5, 5.41) is 11.0. The van der Waals surface area contributed by atoms with Gasteiger partial charge in [0, 0.05) is 31.5 Å². The first-order chi connectivity index (χ1) is 13.2. The molecule has 0 aliphatic carbocycles. The van der Waals surface area contributed by atoms with Gasteiger partial charge in [-0.15, -0.1) is 10.2 Å². The molecule has 0 aliphatic heterocycles. The summed E-state index contributed by atoms with van der Waals surface area (Å²) in [4.78, 5) is 18.3. The summed E-state index contributed by atoms with van der Waals surface area (Å²) in [5.74, 6) is 1.60. The summed E-state index contributed by atoms with van der Waals surface area (Å²) in [5.41, 5.74) is 1.74. The Labute approximate surface area is 158 Å². The van der Waals surface area contributed by atoms with Crippen molar-refractivity contribution in [3.63, 3.8) is 0 Å². The number of benzene rings is 1. The molecule has 1 N–H and O–H groups in total. The molecule has 0 spiro atoms. The molecule has 0 saturated heterocycles. The second-order valence-electron chi connectivity index (χ2n) is 5.99. The van der Waals surface area contributed by atoms with Crippen LogP contribution in [0.5, 0.6) is 5.75 Å². The summed E-state index contributed by atoms with van der Waals surface area (Å²) in [6.07, 6.45) is 4.46. The number of hydrogen-bond donors (Lipinski definition) is 1. The van der Waals surface area contributed by atoms with Crippen molar-refractivity contribution >= 4 is 17.5 Å². The summed E-state index contributed by atoms with van der Waals surface area (Å²) >= 11 is 0. The van der Waals surface area contributed by atoms with Gasteiger partial charge < -0.3 is 15.0 Å². The Balaban J connectivity index is 1.56. The standard InChI is InChI=1S/C20H21N5O2/c1-25(14-11-15-9-12-21-13-10-15)19-8-7-18(23-24-19)22-20(26)16-3-5-17(27-2)6-4-16/h3-10,12-13H,11,14H2,1-2H3,(H,22,23,26). The van der Waals surface area contributed by atoms with E-state index in [1.54, 1.807) is 49.8 Å². The number of rotatable bonds is 7. The molecular weight excluding hydrogens is 342 g/mol. The third-order valence-corrected chi connectivity index (χ3v) is 4.12. The summed E-state index contributed by atoms with van der Waals surface area (Å²) in [6, 6.07) is 14.4. The lowest BCUT2D eigenvalue weighted by Gasteiger charge is -2.17. The van der Waals surface area contributed by atoms with Crippen molar-refractivity contribution in [2.75, 3.05) is 30.9 Å². The second kappa shape index (κ2) is 8.75. The fraction of sp³-hybridized carbons (Fsp3) is 0.200. The topological polar surface area (TPSA) is 80.2 Å². The lowest BCUT2D eigenvalue weighted by atomic mass is 10.2. The monoisotopic (exact) mass is 363 g/mol. The zero-order valence-corrected chi connectivity index (χ0v) is 15.3. The van der Waals surface area contributed by atoms with Crippen LogP contribution in [0.4, 0.5) is 11.6 Å². The fourth-order valence-electron chi connectivity index (χ4n) is 2.49. The first-order valence-electron chi connectivity index (χ1n) is 8.55. The average molecular weight is 363 g/mol. The molecule has 2 heterocycles. The number of likely N-dealkylation sites (N-methyl/N-ethyl adjacent to an activating group) is 1. The van der Waals surface area contributed by atoms with Crippen LogP contribution < -0.4 is 15.0 Å². The van der Waals surface area contributed by atoms with Crippen LogP contribution in [0.1, 0.15) is 15.9 Å². The Morgan fingerprint density at radius 2 is 1.78 bits per heavy atom. The van der Waals surface area contributed by atoms with Crippen LogP contribution in [0.3, 0.4) is 0 Å². The van der Waals surface area contributed by atoms with Gasteiger partial charge in [-0.05, 0) is 60.5 Å². The molecule has 138 valence electrons. The molecule has 0 radical (unpaired) electrons. The Morgan fingerprint density at radius 1 is 1.04 bits per heavy atom. The minimum Gasteiger partial charge on any atom is -0.497 e. The van der Waals surface area contributed by atoms with Crippen molar-refractivity contribution in [1.29, 1.82) is 0 Å². The number of amides is 1. The highest BCUT2D eigenvalue weighted by molar-refractivity contribution is 6.03. The van der Waals surface area contributed by atoms with Crippen LogP contribution in [0.15, 0.2) is 60.9 Å². The normalized spacial score (nSPS) is 10.3. The van der Waals surface area contributed by atoms with Crippen molar-refractivity contribution in [1.82, 2.24) is 15.2 Å². The summed E-state index contributed by atoms with van der Waals surface area (Å²) in [6.45, 7) is 0.802. The van der Waals surface area contributed by atoms with Crippen LogP contribution in [-0.4, -0.2) is 41.8 Å². The lowest BCUT2D eigenvalue weighted by Crippen LogP contribution is -2.22. The number of anilines is 2. The Morgan fingerprint density at radius 3 is 2.41 bits per heavy atom. The summed E-state index contributed by atoms with van der Waals surface area (Å²) < 4.78 is 5.09. The molecular formula is C20H21N5O2. The molecule has 7 heteroatoms. The molecule has 0 unspecified atom stereocenters. The Hall–Kier alpha value is -3.48. The molecule has 0 bridgehead atoms. The van der Waals surface area contributed by atoms with Crippen molar-refractivity contribution in [2.45, 2.75) is 6.42 Å². The maximum Gasteiger partial charge on any atom is 0.256 e.